The molecule has 4 heteroatoms. The molecule has 2 N–H and O–H groups in total. The Labute approximate surface area is 138 Å². The fraction of sp³-hybridized carbons (Fsp3) is 0.421. The van der Waals surface area contributed by atoms with Gasteiger partial charge in [0, 0.05) is 18.7 Å². The minimum atomic E-state index is 0.0226. The van der Waals surface area contributed by atoms with Crippen LogP contribution in [-0.4, -0.2) is 25.0 Å². The highest BCUT2D eigenvalue weighted by atomic mass is 16.4. The molecule has 23 heavy (non-hydrogen) atoms. The maximum atomic E-state index is 9.55. The third-order valence-corrected chi connectivity index (χ3v) is 4.13. The molecule has 0 radical (unpaired) electrons. The summed E-state index contributed by atoms with van der Waals surface area (Å²) in [4.78, 5) is 0. The minimum absolute atomic E-state index is 0.0226. The monoisotopic (exact) mass is 314 g/mol. The van der Waals surface area contributed by atoms with Gasteiger partial charge in [-0.25, -0.2) is 4.42 Å². The van der Waals surface area contributed by atoms with Crippen molar-refractivity contribution in [3.05, 3.63) is 62.6 Å². The van der Waals surface area contributed by atoms with Crippen LogP contribution in [0.3, 0.4) is 0 Å². The lowest BCUT2D eigenvalue weighted by atomic mass is 9.88. The number of fused-ring (bicyclic) bond motifs is 1. The average molecular weight is 314 g/mol. The fourth-order valence-electron chi connectivity index (χ4n) is 3.10. The van der Waals surface area contributed by atoms with Crippen LogP contribution in [-0.2, 0) is 4.42 Å². The second-order valence-corrected chi connectivity index (χ2v) is 5.70. The molecule has 0 atom stereocenters. The second kappa shape index (κ2) is 7.47. The van der Waals surface area contributed by atoms with E-state index in [2.05, 4.69) is 37.5 Å². The number of hydrogen-bond acceptors (Lipinski definition) is 2. The predicted octanol–water partition coefficient (Wildman–Crippen LogP) is 3.77. The van der Waals surface area contributed by atoms with Crippen LogP contribution >= 0.6 is 0 Å². The molecule has 0 saturated heterocycles. The van der Waals surface area contributed by atoms with Gasteiger partial charge in [-0.15, -0.1) is 12.7 Å². The lowest BCUT2D eigenvalue weighted by molar-refractivity contribution is -0.387. The molecular formula is C19H26N2O2. The first kappa shape index (κ1) is 17.3. The maximum Gasteiger partial charge on any atom is 0.375 e. The third kappa shape index (κ3) is 3.32. The van der Waals surface area contributed by atoms with Crippen LogP contribution in [0, 0.1) is 0 Å². The van der Waals surface area contributed by atoms with Crippen molar-refractivity contribution in [1.82, 2.24) is 5.32 Å². The molecule has 0 saturated carbocycles. The lowest BCUT2D eigenvalue weighted by Gasteiger charge is -2.35. The Morgan fingerprint density at radius 1 is 1.48 bits per heavy atom. The Bertz CT molecular complexity index is 673. The zero-order valence-electron chi connectivity index (χ0n) is 14.7. The van der Waals surface area contributed by atoms with E-state index in [1.807, 2.05) is 20.0 Å². The van der Waals surface area contributed by atoms with Gasteiger partial charge < -0.3 is 15.7 Å². The van der Waals surface area contributed by atoms with E-state index in [1.54, 1.807) is 6.29 Å². The first-order chi connectivity index (χ1) is 11.1. The van der Waals surface area contributed by atoms with Gasteiger partial charge in [-0.2, -0.15) is 0 Å². The molecule has 1 aliphatic heterocycles. The summed E-state index contributed by atoms with van der Waals surface area (Å²) < 4.78 is 5.69. The molecule has 0 fully saturated rings. The van der Waals surface area contributed by atoms with Crippen LogP contribution in [0.15, 0.2) is 57.3 Å². The molecule has 1 aliphatic carbocycles. The van der Waals surface area contributed by atoms with Crippen LogP contribution in [0.25, 0.3) is 5.32 Å². The van der Waals surface area contributed by atoms with E-state index in [9.17, 15) is 5.11 Å². The number of aldehydes is 1. The Morgan fingerprint density at radius 2 is 2.22 bits per heavy atom. The molecular weight excluding hydrogens is 288 g/mol. The van der Waals surface area contributed by atoms with Crippen molar-refractivity contribution in [3.63, 3.8) is 0 Å². The highest BCUT2D eigenvalue weighted by Gasteiger charge is 2.30. The molecule has 0 unspecified atom stereocenters. The van der Waals surface area contributed by atoms with Gasteiger partial charge in [-0.1, -0.05) is 13.0 Å². The van der Waals surface area contributed by atoms with E-state index < -0.39 is 0 Å². The first-order valence-electron chi connectivity index (χ1n) is 8.05. The minimum Gasteiger partial charge on any atom is -0.686 e. The van der Waals surface area contributed by atoms with Crippen molar-refractivity contribution < 1.29 is 9.53 Å². The summed E-state index contributed by atoms with van der Waals surface area (Å²) in [5.74, 6) is 0.730. The molecule has 0 bridgehead atoms. The smallest absolute Gasteiger partial charge is 0.375 e. The number of hydrogen-bond donors (Lipinski definition) is 2. The summed E-state index contributed by atoms with van der Waals surface area (Å²) in [5, 5.41) is 17.6. The van der Waals surface area contributed by atoms with Crippen LogP contribution in [0.4, 0.5) is 0 Å². The van der Waals surface area contributed by atoms with Gasteiger partial charge in [0.15, 0.2) is 0 Å². The molecule has 0 aromatic heterocycles. The molecule has 0 spiro atoms. The number of nitrogens with zero attached hydrogens (tertiary/aromatic N) is 1. The summed E-state index contributed by atoms with van der Waals surface area (Å²) >= 11 is 0. The highest BCUT2D eigenvalue weighted by Crippen LogP contribution is 2.39. The van der Waals surface area contributed by atoms with Gasteiger partial charge in [0.1, 0.15) is 5.70 Å². The van der Waals surface area contributed by atoms with Crippen LogP contribution in [0.5, 0.6) is 0 Å². The van der Waals surface area contributed by atoms with E-state index in [4.69, 9.17) is 4.42 Å². The van der Waals surface area contributed by atoms with Crippen molar-refractivity contribution in [2.45, 2.75) is 40.5 Å². The topological polar surface area (TPSA) is 57.7 Å². The molecule has 1 heterocycles. The van der Waals surface area contributed by atoms with Gasteiger partial charge in [-0.05, 0) is 49.0 Å². The van der Waals surface area contributed by atoms with Crippen molar-refractivity contribution in [3.8, 4) is 0 Å². The van der Waals surface area contributed by atoms with Crippen LogP contribution in [0.2, 0.25) is 0 Å². The summed E-state index contributed by atoms with van der Waals surface area (Å²) in [5.41, 5.74) is 7.37. The number of allylic oxidation sites excluding steroid dienone is 5. The van der Waals surface area contributed by atoms with Gasteiger partial charge in [-0.3, -0.25) is 0 Å². The van der Waals surface area contributed by atoms with Crippen molar-refractivity contribution in [2.75, 3.05) is 13.7 Å². The lowest BCUT2D eigenvalue weighted by Crippen LogP contribution is -2.27. The third-order valence-electron chi connectivity index (χ3n) is 4.13. The summed E-state index contributed by atoms with van der Waals surface area (Å²) in [6.45, 7) is 8.19. The zero-order chi connectivity index (χ0) is 17.0. The number of rotatable bonds is 5. The first-order valence-corrected chi connectivity index (χ1v) is 8.05. The quantitative estimate of drug-likeness (QED) is 0.599. The Balaban J connectivity index is 2.66. The summed E-state index contributed by atoms with van der Waals surface area (Å²) in [6.07, 6.45) is 7.44. The van der Waals surface area contributed by atoms with E-state index in [0.717, 1.165) is 46.0 Å². The van der Waals surface area contributed by atoms with Crippen molar-refractivity contribution in [2.24, 2.45) is 0 Å². The molecule has 4 nitrogen and oxygen atoms in total. The van der Waals surface area contributed by atoms with Gasteiger partial charge >= 0.3 is 5.76 Å². The van der Waals surface area contributed by atoms with Gasteiger partial charge in [0.05, 0.1) is 6.61 Å². The number of aliphatic hydroxyl groups is 1. The number of aliphatic hydroxyl groups excluding tert-OH is 1. The Kier molecular flexibility index (Phi) is 5.61. The van der Waals surface area contributed by atoms with Crippen molar-refractivity contribution >= 4 is 6.29 Å². The molecule has 0 amide bonds. The van der Waals surface area contributed by atoms with Crippen LogP contribution in [0.1, 0.15) is 40.5 Å². The molecule has 124 valence electrons. The maximum absolute atomic E-state index is 9.55. The van der Waals surface area contributed by atoms with Crippen molar-refractivity contribution in [1.29, 1.82) is 0 Å². The predicted molar refractivity (Wildman–Crippen MR) is 94.7 cm³/mol. The Morgan fingerprint density at radius 3 is 2.78 bits per heavy atom. The van der Waals surface area contributed by atoms with E-state index in [1.165, 1.54) is 5.57 Å². The number of carbonyl (C=O) groups excluding carboxylic acids is 1. The average Bonchev–Trinajstić information content (AvgIpc) is 2.54. The molecule has 2 aliphatic rings. The van der Waals surface area contributed by atoms with Gasteiger partial charge in [0.2, 0.25) is 0 Å². The SMILES string of the molecule is CC=[O+]C1=C2NC(/C(C)=C/CC)=C(C)C([N-]C)=C2CC(CO)=C1. The number of likely N-dealkylation sites (N-methyl/N-ethyl adjacent to an activating group) is 1. The van der Waals surface area contributed by atoms with E-state index >= 15 is 0 Å². The van der Waals surface area contributed by atoms with E-state index in [-0.39, 0.29) is 6.61 Å². The fourth-order valence-corrected chi connectivity index (χ4v) is 3.10. The second-order valence-electron chi connectivity index (χ2n) is 5.70. The van der Waals surface area contributed by atoms with E-state index in [0.29, 0.717) is 6.42 Å². The number of nitrogens with one attached hydrogen (secondary N) is 1. The number of dihydropyridines is 1. The standard InChI is InChI=1S/C19H26N2O2/c1-6-8-12(3)17-13(4)18(20-5)15-9-14(11-22)10-16(23-7-2)19(15)21-17/h7-8,10,21-22H,6,9,11H2,1-5H3/b12-8+. The summed E-state index contributed by atoms with van der Waals surface area (Å²) in [7, 11) is 1.81. The molecule has 0 aromatic rings. The normalized spacial score (nSPS) is 19.2. The van der Waals surface area contributed by atoms with Crippen LogP contribution < -0.4 is 5.32 Å². The summed E-state index contributed by atoms with van der Waals surface area (Å²) in [6, 6.07) is 0. The Hall–Kier alpha value is -2.07. The largest absolute Gasteiger partial charge is 0.686 e. The molecule has 0 aromatic carbocycles. The highest BCUT2D eigenvalue weighted by molar-refractivity contribution is 5.62. The van der Waals surface area contributed by atoms with Gasteiger partial charge in [0.25, 0.3) is 6.29 Å². The zero-order valence-corrected chi connectivity index (χ0v) is 14.7. The molecule has 2 rings (SSSR count).